The summed E-state index contributed by atoms with van der Waals surface area (Å²) in [5.41, 5.74) is 0.672. The summed E-state index contributed by atoms with van der Waals surface area (Å²) in [4.78, 5) is 26.5. The molecular formula is C41H66N6O11S3. The monoisotopic (exact) mass is 914 g/mol. The van der Waals surface area contributed by atoms with Gasteiger partial charge in [0.2, 0.25) is 20.0 Å². The van der Waals surface area contributed by atoms with Crippen molar-refractivity contribution in [2.75, 3.05) is 53.9 Å². The summed E-state index contributed by atoms with van der Waals surface area (Å²) in [5.74, 6) is 0. The van der Waals surface area contributed by atoms with Gasteiger partial charge in [-0.1, -0.05) is 78.4 Å². The lowest BCUT2D eigenvalue weighted by Gasteiger charge is -2.31. The van der Waals surface area contributed by atoms with E-state index in [1.807, 2.05) is 70.3 Å². The zero-order chi connectivity index (χ0) is 46.8. The van der Waals surface area contributed by atoms with E-state index in [9.17, 15) is 34.8 Å². The van der Waals surface area contributed by atoms with Crippen molar-refractivity contribution >= 4 is 42.4 Å². The third kappa shape index (κ3) is 24.2. The number of hydrogen-bond donors (Lipinski definition) is 5. The molecule has 0 aliphatic rings. The van der Waals surface area contributed by atoms with E-state index in [0.29, 0.717) is 12.1 Å². The highest BCUT2D eigenvalue weighted by molar-refractivity contribution is 7.89. The summed E-state index contributed by atoms with van der Waals surface area (Å²) >= 11 is 0. The highest BCUT2D eigenvalue weighted by Crippen LogP contribution is 2.23. The van der Waals surface area contributed by atoms with Crippen LogP contribution >= 0.6 is 0 Å². The minimum absolute atomic E-state index is 0.0588. The van der Waals surface area contributed by atoms with Crippen LogP contribution < -0.4 is 25.4 Å². The maximum atomic E-state index is 12.7. The Labute approximate surface area is 363 Å². The number of alkyl carbamates (subject to hydrolysis) is 2. The Morgan fingerprint density at radius 3 is 1.33 bits per heavy atom. The maximum Gasteiger partial charge on any atom is 0.408 e. The van der Waals surface area contributed by atoms with Gasteiger partial charge in [-0.05, 0) is 99.9 Å². The molecule has 0 heterocycles. The van der Waals surface area contributed by atoms with E-state index in [4.69, 9.17) is 13.7 Å². The minimum atomic E-state index is -4.17. The first-order chi connectivity index (χ1) is 27.9. The molecule has 5 N–H and O–H groups in total. The molecule has 0 bridgehead atoms. The Hall–Kier alpha value is -4.15. The second-order valence-corrected chi connectivity index (χ2v) is 21.6. The molecule has 20 heteroatoms. The summed E-state index contributed by atoms with van der Waals surface area (Å²) in [6, 6.07) is 20.4. The first-order valence-corrected chi connectivity index (χ1v) is 24.4. The molecule has 3 aromatic rings. The summed E-state index contributed by atoms with van der Waals surface area (Å²) in [6.07, 6.45) is 0.635. The van der Waals surface area contributed by atoms with Crippen molar-refractivity contribution in [3.63, 3.8) is 0 Å². The quantitative estimate of drug-likeness (QED) is 0.125. The molecule has 17 nitrogen and oxygen atoms in total. The number of ether oxygens (including phenoxy) is 2. The van der Waals surface area contributed by atoms with Gasteiger partial charge < -0.3 is 30.3 Å². The fourth-order valence-corrected chi connectivity index (χ4v) is 7.70. The average Bonchev–Trinajstić information content (AvgIpc) is 3.10. The highest BCUT2D eigenvalue weighted by Gasteiger charge is 2.32. The van der Waals surface area contributed by atoms with Crippen molar-refractivity contribution in [1.82, 2.24) is 30.3 Å². The second-order valence-electron chi connectivity index (χ2n) is 16.4. The topological polar surface area (TPSA) is 228 Å². The number of benzene rings is 3. The van der Waals surface area contributed by atoms with Gasteiger partial charge in [0.25, 0.3) is 10.1 Å². The summed E-state index contributed by atoms with van der Waals surface area (Å²) in [5, 5.41) is 8.10. The molecule has 0 fully saturated rings. The average molecular weight is 915 g/mol. The van der Waals surface area contributed by atoms with Crippen LogP contribution in [-0.4, -0.2) is 119 Å². The van der Waals surface area contributed by atoms with Crippen molar-refractivity contribution in [2.24, 2.45) is 0 Å². The Bertz CT molecular complexity index is 2110. The molecule has 0 aliphatic heterocycles. The molecule has 4 atom stereocenters. The fraction of sp³-hybridized carbons (Fsp3) is 0.512. The van der Waals surface area contributed by atoms with Crippen LogP contribution in [0.3, 0.4) is 0 Å². The number of carbonyl (C=O) groups is 2. The van der Waals surface area contributed by atoms with Crippen molar-refractivity contribution in [1.29, 1.82) is 0 Å². The molecule has 61 heavy (non-hydrogen) atoms. The van der Waals surface area contributed by atoms with E-state index < -0.39 is 84.3 Å². The number of nitrogens with zero attached hydrogens (tertiary/aromatic N) is 1. The van der Waals surface area contributed by atoms with Gasteiger partial charge in [-0.3, -0.25) is 4.18 Å². The van der Waals surface area contributed by atoms with Crippen LogP contribution in [0.1, 0.15) is 70.3 Å². The van der Waals surface area contributed by atoms with Gasteiger partial charge in [0.15, 0.2) is 0 Å². The van der Waals surface area contributed by atoms with Crippen molar-refractivity contribution in [2.45, 2.75) is 88.7 Å². The molecule has 2 amide bonds. The summed E-state index contributed by atoms with van der Waals surface area (Å²) in [6.45, 7) is 12.0. The third-order valence-electron chi connectivity index (χ3n) is 7.48. The standard InChI is InChI=1S/C22H30N2O7S2.C17H29N3O4S.C2H7N/c1-16-11-13-18(14-12-16)33(28,29)30-15-19(23-21(25)31-22(2,3)4)20(24-32(5,26)27)17-9-7-6-8-10-17;1-17(2,3)24-16(21)18-14(12-20(4)5)15(19-25(6,22)23)13-10-8-7-9-11-13;1-3-2/h6-14,19-20,24H,15H2,1-5H3,(H,23,25);7-11,14-15,19H,12H2,1-6H3,(H,18,21);3H,1-2H3/t19-,20+;14-,15+;/m11./s1. The summed E-state index contributed by atoms with van der Waals surface area (Å²) in [7, 11) is -3.94. The Morgan fingerprint density at radius 2 is 0.984 bits per heavy atom. The first-order valence-electron chi connectivity index (χ1n) is 19.2. The number of carbonyl (C=O) groups excluding carboxylic acids is 2. The lowest BCUT2D eigenvalue weighted by atomic mass is 10.00. The van der Waals surface area contributed by atoms with Gasteiger partial charge in [-0.15, -0.1) is 0 Å². The number of sulfonamides is 2. The van der Waals surface area contributed by atoms with Crippen LogP contribution in [0, 0.1) is 6.92 Å². The Balaban J connectivity index is 0.000000593. The highest BCUT2D eigenvalue weighted by atomic mass is 32.2. The molecule has 344 valence electrons. The molecule has 0 aliphatic carbocycles. The maximum absolute atomic E-state index is 12.7. The number of nitrogens with one attached hydrogen (secondary N) is 5. The van der Waals surface area contributed by atoms with Gasteiger partial charge in [0, 0.05) is 6.54 Å². The number of amides is 2. The molecule has 3 aromatic carbocycles. The van der Waals surface area contributed by atoms with E-state index in [1.165, 1.54) is 12.1 Å². The van der Waals surface area contributed by atoms with Gasteiger partial charge in [0.1, 0.15) is 11.2 Å². The van der Waals surface area contributed by atoms with Crippen LogP contribution in [-0.2, 0) is 43.8 Å². The smallest absolute Gasteiger partial charge is 0.408 e. The molecule has 3 rings (SSSR count). The van der Waals surface area contributed by atoms with Crippen LogP contribution in [0.15, 0.2) is 89.8 Å². The zero-order valence-electron chi connectivity index (χ0n) is 37.5. The van der Waals surface area contributed by atoms with Crippen molar-refractivity contribution < 1.29 is 48.5 Å². The number of hydrogen-bond acceptors (Lipinski definition) is 13. The van der Waals surface area contributed by atoms with Crippen molar-refractivity contribution in [3.05, 3.63) is 102 Å². The van der Waals surface area contributed by atoms with E-state index in [0.717, 1.165) is 23.6 Å². The lowest BCUT2D eigenvalue weighted by molar-refractivity contribution is 0.0468. The van der Waals surface area contributed by atoms with Gasteiger partial charge in [-0.2, -0.15) is 8.42 Å². The van der Waals surface area contributed by atoms with Crippen LogP contribution in [0.5, 0.6) is 0 Å². The van der Waals surface area contributed by atoms with Crippen LogP contribution in [0.25, 0.3) is 0 Å². The molecule has 0 unspecified atom stereocenters. The van der Waals surface area contributed by atoms with Gasteiger partial charge in [-0.25, -0.2) is 35.9 Å². The van der Waals surface area contributed by atoms with E-state index in [2.05, 4.69) is 25.4 Å². The van der Waals surface area contributed by atoms with Crippen molar-refractivity contribution in [3.8, 4) is 0 Å². The number of aryl methyl sites for hydroxylation is 1. The van der Waals surface area contributed by atoms with Gasteiger partial charge >= 0.3 is 12.2 Å². The van der Waals surface area contributed by atoms with E-state index in [1.54, 1.807) is 84.0 Å². The van der Waals surface area contributed by atoms with Gasteiger partial charge in [0.05, 0.1) is 48.2 Å². The third-order valence-corrected chi connectivity index (χ3v) is 10.1. The molecule has 0 radical (unpaired) electrons. The van der Waals surface area contributed by atoms with E-state index >= 15 is 0 Å². The first kappa shape index (κ1) is 54.9. The normalized spacial score (nSPS) is 14.1. The number of likely N-dealkylation sites (N-methyl/N-ethyl adjacent to an activating group) is 1. The molecule has 0 aromatic heterocycles. The van der Waals surface area contributed by atoms with Crippen LogP contribution in [0.4, 0.5) is 9.59 Å². The predicted molar refractivity (Wildman–Crippen MR) is 238 cm³/mol. The zero-order valence-corrected chi connectivity index (χ0v) is 39.9. The fourth-order valence-electron chi connectivity index (χ4n) is 5.25. The number of rotatable bonds is 16. The molecular weight excluding hydrogens is 849 g/mol. The lowest BCUT2D eigenvalue weighted by Crippen LogP contribution is -2.51. The second kappa shape index (κ2) is 24.5. The molecule has 0 saturated carbocycles. The summed E-state index contributed by atoms with van der Waals surface area (Å²) < 4.78 is 94.2. The molecule has 0 saturated heterocycles. The Morgan fingerprint density at radius 1 is 0.623 bits per heavy atom. The molecule has 0 spiro atoms. The SMILES string of the molecule is CN(C)C[C@@H](NC(=O)OC(C)(C)C)[C@@H](NS(C)(=O)=O)c1ccccc1.CNC.Cc1ccc(S(=O)(=O)OC[C@@H](NC(=O)OC(C)(C)C)[C@@H](NS(C)(=O)=O)c2ccccc2)cc1. The van der Waals surface area contributed by atoms with Crippen LogP contribution in [0.2, 0.25) is 0 Å². The Kier molecular flexibility index (Phi) is 22.0. The predicted octanol–water partition coefficient (Wildman–Crippen LogP) is 4.45. The minimum Gasteiger partial charge on any atom is -0.444 e. The largest absolute Gasteiger partial charge is 0.444 e. The van der Waals surface area contributed by atoms with E-state index in [-0.39, 0.29) is 4.90 Å².